The molecule has 0 aromatic heterocycles. The Bertz CT molecular complexity index is 226. The van der Waals surface area contributed by atoms with Crippen molar-refractivity contribution in [1.82, 2.24) is 0 Å². The fraction of sp³-hybridized carbons (Fsp3) is 1.00. The van der Waals surface area contributed by atoms with Crippen molar-refractivity contribution >= 4 is 10.1 Å². The van der Waals surface area contributed by atoms with Crippen molar-refractivity contribution < 1.29 is 17.0 Å². The van der Waals surface area contributed by atoms with Gasteiger partial charge in [-0.05, 0) is 12.8 Å². The van der Waals surface area contributed by atoms with E-state index in [-0.39, 0.29) is 6.10 Å². The van der Waals surface area contributed by atoms with Gasteiger partial charge in [-0.2, -0.15) is 8.42 Å². The van der Waals surface area contributed by atoms with Crippen LogP contribution in [0.2, 0.25) is 0 Å². The molecule has 0 fully saturated rings. The first-order chi connectivity index (χ1) is 6.55. The van der Waals surface area contributed by atoms with Crippen molar-refractivity contribution in [3.63, 3.8) is 0 Å². The highest BCUT2D eigenvalue weighted by Crippen LogP contribution is 2.13. The van der Waals surface area contributed by atoms with Gasteiger partial charge in [0.2, 0.25) is 6.01 Å². The minimum atomic E-state index is -3.93. The summed E-state index contributed by atoms with van der Waals surface area (Å²) in [5.41, 5.74) is 0. The minimum absolute atomic E-state index is 0.359. The number of halogens is 1. The lowest BCUT2D eigenvalue weighted by Gasteiger charge is -2.13. The molecule has 14 heavy (non-hydrogen) atoms. The van der Waals surface area contributed by atoms with Gasteiger partial charge in [-0.15, -0.1) is 0 Å². The van der Waals surface area contributed by atoms with Gasteiger partial charge in [0.15, 0.2) is 0 Å². The summed E-state index contributed by atoms with van der Waals surface area (Å²) in [5, 5.41) is 0. The molecule has 0 aliphatic heterocycles. The second kappa shape index (κ2) is 7.17. The molecule has 0 radical (unpaired) electrons. The van der Waals surface area contributed by atoms with Gasteiger partial charge in [0, 0.05) is 0 Å². The Hall–Kier alpha value is -0.160. The van der Waals surface area contributed by atoms with Crippen molar-refractivity contribution in [2.45, 2.75) is 52.1 Å². The quantitative estimate of drug-likeness (QED) is 0.472. The Kier molecular flexibility index (Phi) is 7.09. The molecule has 0 spiro atoms. The molecule has 3 nitrogen and oxygen atoms in total. The zero-order valence-electron chi connectivity index (χ0n) is 8.83. The molecular weight excluding hydrogens is 207 g/mol. The molecule has 0 amide bonds. The van der Waals surface area contributed by atoms with Crippen molar-refractivity contribution in [3.05, 3.63) is 0 Å². The van der Waals surface area contributed by atoms with E-state index in [1.807, 2.05) is 6.92 Å². The van der Waals surface area contributed by atoms with E-state index in [1.165, 1.54) is 0 Å². The van der Waals surface area contributed by atoms with Crippen LogP contribution in [0.25, 0.3) is 0 Å². The van der Waals surface area contributed by atoms with Gasteiger partial charge >= 0.3 is 0 Å². The molecule has 0 rings (SSSR count). The molecule has 1 atom stereocenters. The first kappa shape index (κ1) is 13.8. The maximum absolute atomic E-state index is 11.9. The maximum atomic E-state index is 11.9. The van der Waals surface area contributed by atoms with E-state index in [0.717, 1.165) is 19.3 Å². The SMILES string of the molecule is CCCCCC(CC)OS(=O)(=O)CF. The molecule has 0 aromatic rings. The van der Waals surface area contributed by atoms with E-state index in [4.69, 9.17) is 0 Å². The third-order valence-electron chi connectivity index (χ3n) is 2.00. The second-order valence-electron chi connectivity index (χ2n) is 3.29. The summed E-state index contributed by atoms with van der Waals surface area (Å²) < 4.78 is 38.2. The zero-order chi connectivity index (χ0) is 11.0. The molecule has 0 saturated heterocycles. The Balaban J connectivity index is 3.91. The molecule has 0 N–H and O–H groups in total. The normalized spacial score (nSPS) is 14.2. The summed E-state index contributed by atoms with van der Waals surface area (Å²) in [6.07, 6.45) is 3.98. The maximum Gasteiger partial charge on any atom is 0.297 e. The van der Waals surface area contributed by atoms with Gasteiger partial charge in [-0.25, -0.2) is 4.39 Å². The van der Waals surface area contributed by atoms with Crippen molar-refractivity contribution in [2.24, 2.45) is 0 Å². The molecule has 0 heterocycles. The van der Waals surface area contributed by atoms with Gasteiger partial charge < -0.3 is 0 Å². The van der Waals surface area contributed by atoms with Gasteiger partial charge in [-0.1, -0.05) is 33.1 Å². The number of alkyl halides is 1. The zero-order valence-corrected chi connectivity index (χ0v) is 9.65. The lowest BCUT2D eigenvalue weighted by atomic mass is 10.1. The summed E-state index contributed by atoms with van der Waals surface area (Å²) in [5.74, 6) is 0. The summed E-state index contributed by atoms with van der Waals surface area (Å²) in [6.45, 7) is 3.91. The average molecular weight is 226 g/mol. The number of hydrogen-bond donors (Lipinski definition) is 0. The highest BCUT2D eigenvalue weighted by atomic mass is 32.2. The molecule has 1 unspecified atom stereocenters. The van der Waals surface area contributed by atoms with E-state index in [9.17, 15) is 12.8 Å². The monoisotopic (exact) mass is 226 g/mol. The van der Waals surface area contributed by atoms with Crippen molar-refractivity contribution in [1.29, 1.82) is 0 Å². The summed E-state index contributed by atoms with van der Waals surface area (Å²) >= 11 is 0. The molecule has 0 aliphatic rings. The van der Waals surface area contributed by atoms with Crippen LogP contribution in [0.4, 0.5) is 4.39 Å². The molecular formula is C9H19FO3S. The van der Waals surface area contributed by atoms with E-state index in [1.54, 1.807) is 0 Å². The van der Waals surface area contributed by atoms with Crippen LogP contribution in [0.1, 0.15) is 46.0 Å². The molecule has 0 bridgehead atoms. The molecule has 5 heteroatoms. The predicted octanol–water partition coefficient (Wildman–Crippen LogP) is 2.62. The standard InChI is InChI=1S/C9H19FO3S/c1-3-5-6-7-9(4-2)13-14(11,12)8-10/h9H,3-8H2,1-2H3. The van der Waals surface area contributed by atoms with Crippen LogP contribution in [-0.4, -0.2) is 20.5 Å². The highest BCUT2D eigenvalue weighted by molar-refractivity contribution is 7.86. The van der Waals surface area contributed by atoms with E-state index >= 15 is 0 Å². The average Bonchev–Trinajstić information content (AvgIpc) is 2.16. The van der Waals surface area contributed by atoms with Crippen LogP contribution in [0.3, 0.4) is 0 Å². The minimum Gasteiger partial charge on any atom is -0.265 e. The van der Waals surface area contributed by atoms with Gasteiger partial charge in [0.25, 0.3) is 10.1 Å². The lowest BCUT2D eigenvalue weighted by Crippen LogP contribution is -2.18. The Labute approximate surface area is 85.8 Å². The summed E-state index contributed by atoms with van der Waals surface area (Å²) in [6, 6.07) is -1.43. The van der Waals surface area contributed by atoms with E-state index in [2.05, 4.69) is 11.1 Å². The third-order valence-corrected chi connectivity index (χ3v) is 2.83. The van der Waals surface area contributed by atoms with E-state index in [0.29, 0.717) is 12.8 Å². The van der Waals surface area contributed by atoms with Crippen LogP contribution in [0.5, 0.6) is 0 Å². The fourth-order valence-electron chi connectivity index (χ4n) is 1.18. The molecule has 0 aromatic carbocycles. The van der Waals surface area contributed by atoms with Crippen LogP contribution in [-0.2, 0) is 14.3 Å². The van der Waals surface area contributed by atoms with Crippen molar-refractivity contribution in [3.8, 4) is 0 Å². The fourth-order valence-corrected chi connectivity index (χ4v) is 1.87. The molecule has 86 valence electrons. The lowest BCUT2D eigenvalue weighted by molar-refractivity contribution is 0.186. The van der Waals surface area contributed by atoms with Gasteiger partial charge in [0.05, 0.1) is 6.10 Å². The Morgan fingerprint density at radius 2 is 1.93 bits per heavy atom. The van der Waals surface area contributed by atoms with Crippen LogP contribution < -0.4 is 0 Å². The second-order valence-corrected chi connectivity index (χ2v) is 4.82. The topological polar surface area (TPSA) is 43.4 Å². The summed E-state index contributed by atoms with van der Waals surface area (Å²) in [7, 11) is -3.93. The van der Waals surface area contributed by atoms with Crippen LogP contribution >= 0.6 is 0 Å². The third kappa shape index (κ3) is 6.32. The Morgan fingerprint density at radius 3 is 2.36 bits per heavy atom. The van der Waals surface area contributed by atoms with Gasteiger partial charge in [0.1, 0.15) is 0 Å². The predicted molar refractivity (Wildman–Crippen MR) is 54.2 cm³/mol. The van der Waals surface area contributed by atoms with Crippen LogP contribution in [0, 0.1) is 0 Å². The number of unbranched alkanes of at least 4 members (excludes halogenated alkanes) is 2. The van der Waals surface area contributed by atoms with E-state index < -0.39 is 16.1 Å². The number of rotatable bonds is 8. The number of hydrogen-bond acceptors (Lipinski definition) is 3. The first-order valence-electron chi connectivity index (χ1n) is 5.02. The molecule has 0 saturated carbocycles. The van der Waals surface area contributed by atoms with Crippen molar-refractivity contribution in [2.75, 3.05) is 6.01 Å². The molecule has 0 aliphatic carbocycles. The summed E-state index contributed by atoms with van der Waals surface area (Å²) in [4.78, 5) is 0. The smallest absolute Gasteiger partial charge is 0.265 e. The highest BCUT2D eigenvalue weighted by Gasteiger charge is 2.17. The van der Waals surface area contributed by atoms with Crippen LogP contribution in [0.15, 0.2) is 0 Å². The largest absolute Gasteiger partial charge is 0.297 e. The Morgan fingerprint density at radius 1 is 1.29 bits per heavy atom. The first-order valence-corrected chi connectivity index (χ1v) is 6.60. The van der Waals surface area contributed by atoms with Gasteiger partial charge in [-0.3, -0.25) is 4.18 Å².